The summed E-state index contributed by atoms with van der Waals surface area (Å²) in [6.45, 7) is 3.82. The number of nitrogens with one attached hydrogen (secondary N) is 3. The van der Waals surface area contributed by atoms with Crippen LogP contribution >= 0.6 is 0 Å². The first-order valence-corrected chi connectivity index (χ1v) is 6.81. The zero-order valence-corrected chi connectivity index (χ0v) is 13.6. The quantitative estimate of drug-likeness (QED) is 0.378. The lowest BCUT2D eigenvalue weighted by atomic mass is 10.2. The molecule has 0 aliphatic carbocycles. The number of nitriles is 2. The maximum atomic E-state index is 11.5. The molecule has 10 heteroatoms. The molecular weight excluding hydrogens is 318 g/mol. The van der Waals surface area contributed by atoms with Crippen molar-refractivity contribution in [2.45, 2.75) is 26.4 Å². The van der Waals surface area contributed by atoms with Crippen LogP contribution in [0.15, 0.2) is 11.3 Å². The lowest BCUT2D eigenvalue weighted by molar-refractivity contribution is -0.125. The third-order valence-electron chi connectivity index (χ3n) is 2.20. The van der Waals surface area contributed by atoms with Gasteiger partial charge in [0, 0.05) is 0 Å². The van der Waals surface area contributed by atoms with Crippen molar-refractivity contribution in [3.63, 3.8) is 0 Å². The lowest BCUT2D eigenvalue weighted by Gasteiger charge is -2.19. The maximum Gasteiger partial charge on any atom is 0.408 e. The minimum absolute atomic E-state index is 0.375. The molecule has 0 atom stereocenters. The van der Waals surface area contributed by atoms with Crippen LogP contribution in [0, 0.1) is 22.7 Å². The molecule has 0 spiro atoms. The molecule has 0 unspecified atom stereocenters. The minimum Gasteiger partial charge on any atom is -0.508 e. The molecule has 0 fully saturated rings. The Labute approximate surface area is 139 Å². The highest BCUT2D eigenvalue weighted by molar-refractivity contribution is 5.87. The summed E-state index contributed by atoms with van der Waals surface area (Å²) in [6.07, 6.45) is -0.766. The Bertz CT molecular complexity index is 591. The highest BCUT2D eigenvalue weighted by atomic mass is 16.6. The summed E-state index contributed by atoms with van der Waals surface area (Å²) in [4.78, 5) is 34.2. The van der Waals surface area contributed by atoms with Gasteiger partial charge in [-0.15, -0.1) is 0 Å². The van der Waals surface area contributed by atoms with Gasteiger partial charge in [-0.05, 0) is 20.8 Å². The van der Waals surface area contributed by atoms with E-state index in [9.17, 15) is 19.5 Å². The number of alkyl carbamates (subject to hydrolysis) is 1. The molecule has 0 saturated carbocycles. The average molecular weight is 337 g/mol. The molecule has 0 rings (SSSR count). The van der Waals surface area contributed by atoms with E-state index in [1.54, 1.807) is 20.8 Å². The van der Waals surface area contributed by atoms with E-state index < -0.39 is 47.9 Å². The first kappa shape index (κ1) is 20.7. The molecule has 24 heavy (non-hydrogen) atoms. The van der Waals surface area contributed by atoms with Gasteiger partial charge in [-0.25, -0.2) is 4.79 Å². The molecule has 3 amide bonds. The van der Waals surface area contributed by atoms with Crippen molar-refractivity contribution in [3.8, 4) is 12.1 Å². The van der Waals surface area contributed by atoms with E-state index in [1.807, 2.05) is 0 Å². The van der Waals surface area contributed by atoms with Crippen LogP contribution in [-0.4, -0.2) is 48.2 Å². The number of aliphatic hydroxyl groups is 1. The summed E-state index contributed by atoms with van der Waals surface area (Å²) >= 11 is 0. The van der Waals surface area contributed by atoms with Crippen molar-refractivity contribution in [3.05, 3.63) is 11.3 Å². The van der Waals surface area contributed by atoms with Crippen LogP contribution in [0.2, 0.25) is 0 Å². The van der Waals surface area contributed by atoms with Crippen molar-refractivity contribution >= 4 is 17.9 Å². The number of rotatable bonds is 6. The molecule has 0 aliphatic heterocycles. The van der Waals surface area contributed by atoms with Gasteiger partial charge in [0.15, 0.2) is 5.57 Å². The van der Waals surface area contributed by atoms with Crippen LogP contribution in [0.5, 0.6) is 0 Å². The van der Waals surface area contributed by atoms with Crippen molar-refractivity contribution in [2.75, 3.05) is 19.6 Å². The normalized spacial score (nSPS) is 9.71. The Morgan fingerprint density at radius 3 is 1.88 bits per heavy atom. The van der Waals surface area contributed by atoms with Crippen LogP contribution in [0.1, 0.15) is 20.8 Å². The van der Waals surface area contributed by atoms with E-state index in [0.29, 0.717) is 0 Å². The Balaban J connectivity index is 4.10. The molecule has 4 N–H and O–H groups in total. The number of aliphatic hydroxyl groups excluding tert-OH is 1. The summed E-state index contributed by atoms with van der Waals surface area (Å²) < 4.78 is 4.93. The van der Waals surface area contributed by atoms with Crippen molar-refractivity contribution in [2.24, 2.45) is 0 Å². The van der Waals surface area contributed by atoms with Gasteiger partial charge in [-0.3, -0.25) is 9.59 Å². The molecule has 0 aliphatic rings. The zero-order chi connectivity index (χ0) is 18.8. The monoisotopic (exact) mass is 337 g/mol. The minimum atomic E-state index is -0.766. The van der Waals surface area contributed by atoms with E-state index in [1.165, 1.54) is 12.1 Å². The van der Waals surface area contributed by atoms with E-state index >= 15 is 0 Å². The molecule has 0 aromatic rings. The second-order valence-electron chi connectivity index (χ2n) is 5.45. The Kier molecular flexibility index (Phi) is 8.37. The molecule has 0 radical (unpaired) electrons. The summed E-state index contributed by atoms with van der Waals surface area (Å²) in [5, 5.41) is 33.0. The first-order valence-electron chi connectivity index (χ1n) is 6.81. The standard InChI is InChI=1S/C14H19N5O5/c1-14(2,3)24-13(23)19-8-12(22)18-7-11(21)17-6-10(20)9(4-15)5-16/h20H,6-8H2,1-3H3,(H,17,21)(H,18,22)(H,19,23). The summed E-state index contributed by atoms with van der Waals surface area (Å²) in [5.74, 6) is -1.85. The second kappa shape index (κ2) is 9.69. The maximum absolute atomic E-state index is 11.5. The van der Waals surface area contributed by atoms with Crippen molar-refractivity contribution in [1.82, 2.24) is 16.0 Å². The van der Waals surface area contributed by atoms with Crippen LogP contribution in [-0.2, 0) is 14.3 Å². The fourth-order valence-corrected chi connectivity index (χ4v) is 1.20. The lowest BCUT2D eigenvalue weighted by Crippen LogP contribution is -2.43. The first-order chi connectivity index (χ1) is 11.1. The summed E-state index contributed by atoms with van der Waals surface area (Å²) in [7, 11) is 0. The topological polar surface area (TPSA) is 164 Å². The van der Waals surface area contributed by atoms with E-state index in [-0.39, 0.29) is 6.54 Å². The van der Waals surface area contributed by atoms with Crippen LogP contribution in [0.25, 0.3) is 0 Å². The Morgan fingerprint density at radius 1 is 0.958 bits per heavy atom. The van der Waals surface area contributed by atoms with E-state index in [0.717, 1.165) is 0 Å². The highest BCUT2D eigenvalue weighted by Crippen LogP contribution is 2.05. The Morgan fingerprint density at radius 2 is 1.42 bits per heavy atom. The number of ether oxygens (including phenoxy) is 1. The number of amides is 3. The molecule has 0 saturated heterocycles. The van der Waals surface area contributed by atoms with Gasteiger partial charge in [0.05, 0.1) is 13.1 Å². The zero-order valence-electron chi connectivity index (χ0n) is 13.6. The predicted molar refractivity (Wildman–Crippen MR) is 81.1 cm³/mol. The summed E-state index contributed by atoms with van der Waals surface area (Å²) in [6, 6.07) is 2.93. The van der Waals surface area contributed by atoms with Crippen molar-refractivity contribution < 1.29 is 24.2 Å². The van der Waals surface area contributed by atoms with Gasteiger partial charge < -0.3 is 25.8 Å². The number of allylic oxidation sites excluding steroid dienone is 1. The van der Waals surface area contributed by atoms with E-state index in [4.69, 9.17) is 15.3 Å². The van der Waals surface area contributed by atoms with Gasteiger partial charge >= 0.3 is 6.09 Å². The molecule has 0 aromatic carbocycles. The number of carbonyl (C=O) groups excluding carboxylic acids is 3. The fraction of sp³-hybridized carbons (Fsp3) is 0.500. The number of hydrogen-bond acceptors (Lipinski definition) is 7. The third-order valence-corrected chi connectivity index (χ3v) is 2.20. The van der Waals surface area contributed by atoms with Gasteiger partial charge in [0.2, 0.25) is 11.8 Å². The van der Waals surface area contributed by atoms with Gasteiger partial charge in [-0.1, -0.05) is 0 Å². The highest BCUT2D eigenvalue weighted by Gasteiger charge is 2.16. The molecular formula is C14H19N5O5. The van der Waals surface area contributed by atoms with E-state index in [2.05, 4.69) is 16.0 Å². The smallest absolute Gasteiger partial charge is 0.408 e. The molecule has 130 valence electrons. The third kappa shape index (κ3) is 9.63. The predicted octanol–water partition coefficient (Wildman–Crippen LogP) is -0.397. The second-order valence-corrected chi connectivity index (χ2v) is 5.45. The SMILES string of the molecule is CC(C)(C)OC(=O)NCC(=O)NCC(=O)NCC(O)=C(C#N)C#N. The van der Waals surface area contributed by atoms with Gasteiger partial charge in [-0.2, -0.15) is 10.5 Å². The molecule has 0 aromatic heterocycles. The number of hydrogen-bond donors (Lipinski definition) is 4. The van der Waals surface area contributed by atoms with Gasteiger partial charge in [0.1, 0.15) is 30.0 Å². The largest absolute Gasteiger partial charge is 0.508 e. The van der Waals surface area contributed by atoms with Crippen molar-refractivity contribution in [1.29, 1.82) is 10.5 Å². The molecule has 0 bridgehead atoms. The Hall–Kier alpha value is -3.27. The molecule has 10 nitrogen and oxygen atoms in total. The number of carbonyl (C=O) groups is 3. The molecule has 0 heterocycles. The fourth-order valence-electron chi connectivity index (χ4n) is 1.20. The van der Waals surface area contributed by atoms with Crippen LogP contribution in [0.3, 0.4) is 0 Å². The average Bonchev–Trinajstić information content (AvgIpc) is 2.48. The van der Waals surface area contributed by atoms with Gasteiger partial charge in [0.25, 0.3) is 0 Å². The summed E-state index contributed by atoms with van der Waals surface area (Å²) in [5.41, 5.74) is -1.21. The van der Waals surface area contributed by atoms with Crippen LogP contribution < -0.4 is 16.0 Å². The number of nitrogens with zero attached hydrogens (tertiary/aromatic N) is 2. The van der Waals surface area contributed by atoms with Crippen LogP contribution in [0.4, 0.5) is 4.79 Å².